The Labute approximate surface area is 112 Å². The fourth-order valence-corrected chi connectivity index (χ4v) is 2.38. The van der Waals surface area contributed by atoms with Crippen molar-refractivity contribution in [2.45, 2.75) is 18.9 Å². The van der Waals surface area contributed by atoms with E-state index in [0.29, 0.717) is 6.10 Å². The van der Waals surface area contributed by atoms with E-state index < -0.39 is 0 Å². The van der Waals surface area contributed by atoms with Gasteiger partial charge in [-0.15, -0.1) is 0 Å². The quantitative estimate of drug-likeness (QED) is 0.668. The van der Waals surface area contributed by atoms with Crippen LogP contribution in [0.3, 0.4) is 0 Å². The molecule has 1 N–H and O–H groups in total. The molecule has 19 heavy (non-hydrogen) atoms. The minimum atomic E-state index is -0.355. The molecule has 0 radical (unpaired) electrons. The summed E-state index contributed by atoms with van der Waals surface area (Å²) in [4.78, 5) is 12.8. The number of rotatable bonds is 4. The highest BCUT2D eigenvalue weighted by Crippen LogP contribution is 2.29. The predicted molar refractivity (Wildman–Crippen MR) is 74.9 cm³/mol. The van der Waals surface area contributed by atoms with Crippen molar-refractivity contribution in [3.8, 4) is 0 Å². The molecule has 0 bridgehead atoms. The first kappa shape index (κ1) is 13.6. The average Bonchev–Trinajstić information content (AvgIpc) is 2.46. The monoisotopic (exact) mass is 265 g/mol. The second-order valence-corrected chi connectivity index (χ2v) is 4.67. The zero-order chi connectivity index (χ0) is 13.8. The fraction of sp³-hybridized carbons (Fsp3) is 0.538. The van der Waals surface area contributed by atoms with Crippen LogP contribution >= 0.6 is 0 Å². The number of non-ortho nitro benzene ring substituents is 1. The van der Waals surface area contributed by atoms with Crippen molar-refractivity contribution in [2.75, 3.05) is 37.5 Å². The van der Waals surface area contributed by atoms with Crippen molar-refractivity contribution in [1.29, 1.82) is 0 Å². The maximum absolute atomic E-state index is 10.9. The number of methoxy groups -OCH3 is 1. The van der Waals surface area contributed by atoms with Crippen LogP contribution in [0.4, 0.5) is 17.1 Å². The van der Waals surface area contributed by atoms with Crippen molar-refractivity contribution < 1.29 is 9.66 Å². The Balaban J connectivity index is 2.20. The Morgan fingerprint density at radius 3 is 2.58 bits per heavy atom. The average molecular weight is 265 g/mol. The zero-order valence-electron chi connectivity index (χ0n) is 11.3. The highest BCUT2D eigenvalue weighted by Gasteiger charge is 2.21. The van der Waals surface area contributed by atoms with Gasteiger partial charge in [0.15, 0.2) is 0 Å². The van der Waals surface area contributed by atoms with Gasteiger partial charge in [0.2, 0.25) is 0 Å². The van der Waals surface area contributed by atoms with Gasteiger partial charge in [-0.05, 0) is 18.9 Å². The van der Waals surface area contributed by atoms with E-state index in [0.717, 1.165) is 37.3 Å². The molecule has 1 aliphatic heterocycles. The number of benzene rings is 1. The van der Waals surface area contributed by atoms with E-state index in [2.05, 4.69) is 10.2 Å². The van der Waals surface area contributed by atoms with Gasteiger partial charge in [-0.1, -0.05) is 0 Å². The normalized spacial score (nSPS) is 16.4. The van der Waals surface area contributed by atoms with E-state index in [9.17, 15) is 10.1 Å². The number of piperidine rings is 1. The van der Waals surface area contributed by atoms with Crippen LogP contribution in [-0.4, -0.2) is 38.3 Å². The molecule has 0 spiro atoms. The molecular formula is C13H19N3O3. The van der Waals surface area contributed by atoms with Gasteiger partial charge in [0.25, 0.3) is 5.69 Å². The maximum atomic E-state index is 10.9. The van der Waals surface area contributed by atoms with Gasteiger partial charge in [0.05, 0.1) is 11.0 Å². The lowest BCUT2D eigenvalue weighted by atomic mass is 10.1. The van der Waals surface area contributed by atoms with Crippen LogP contribution in [0.1, 0.15) is 12.8 Å². The van der Waals surface area contributed by atoms with Crippen LogP contribution < -0.4 is 10.2 Å². The molecular weight excluding hydrogens is 246 g/mol. The highest BCUT2D eigenvalue weighted by atomic mass is 16.6. The fourth-order valence-electron chi connectivity index (χ4n) is 2.38. The SMILES string of the molecule is CNc1cc(N2CCC(OC)CC2)cc([N+](=O)[O-])c1. The summed E-state index contributed by atoms with van der Waals surface area (Å²) < 4.78 is 5.33. The molecule has 1 aliphatic rings. The first-order chi connectivity index (χ1) is 9.13. The molecule has 6 heteroatoms. The number of nitro benzene ring substituents is 1. The number of hydrogen-bond acceptors (Lipinski definition) is 5. The van der Waals surface area contributed by atoms with E-state index in [4.69, 9.17) is 4.74 Å². The highest BCUT2D eigenvalue weighted by molar-refractivity contribution is 5.64. The van der Waals surface area contributed by atoms with Gasteiger partial charge in [0, 0.05) is 50.8 Å². The van der Waals surface area contributed by atoms with Crippen LogP contribution in [0.5, 0.6) is 0 Å². The predicted octanol–water partition coefficient (Wildman–Crippen LogP) is 2.25. The summed E-state index contributed by atoms with van der Waals surface area (Å²) in [6, 6.07) is 5.12. The van der Waals surface area contributed by atoms with Gasteiger partial charge in [-0.3, -0.25) is 10.1 Å². The molecule has 2 rings (SSSR count). The first-order valence-electron chi connectivity index (χ1n) is 6.39. The summed E-state index contributed by atoms with van der Waals surface area (Å²) in [6.07, 6.45) is 2.21. The Kier molecular flexibility index (Phi) is 4.21. The lowest BCUT2D eigenvalue weighted by Gasteiger charge is -2.33. The number of nitrogens with zero attached hydrogens (tertiary/aromatic N) is 2. The Morgan fingerprint density at radius 2 is 2.05 bits per heavy atom. The summed E-state index contributed by atoms with van der Waals surface area (Å²) >= 11 is 0. The molecule has 104 valence electrons. The van der Waals surface area contributed by atoms with E-state index in [1.165, 1.54) is 0 Å². The lowest BCUT2D eigenvalue weighted by molar-refractivity contribution is -0.384. The lowest BCUT2D eigenvalue weighted by Crippen LogP contribution is -2.36. The Morgan fingerprint density at radius 1 is 1.37 bits per heavy atom. The van der Waals surface area contributed by atoms with Crippen LogP contribution in [0, 0.1) is 10.1 Å². The number of anilines is 2. The molecule has 1 fully saturated rings. The molecule has 0 unspecified atom stereocenters. The Bertz CT molecular complexity index is 456. The molecule has 1 saturated heterocycles. The third-order valence-corrected chi connectivity index (χ3v) is 3.54. The van der Waals surface area contributed by atoms with Gasteiger partial charge in [-0.25, -0.2) is 0 Å². The topological polar surface area (TPSA) is 67.6 Å². The van der Waals surface area contributed by atoms with Crippen molar-refractivity contribution in [3.63, 3.8) is 0 Å². The van der Waals surface area contributed by atoms with Crippen molar-refractivity contribution in [2.24, 2.45) is 0 Å². The zero-order valence-corrected chi connectivity index (χ0v) is 11.3. The summed E-state index contributed by atoms with van der Waals surface area (Å²) in [5, 5.41) is 13.9. The second-order valence-electron chi connectivity index (χ2n) is 4.67. The molecule has 0 saturated carbocycles. The number of hydrogen-bond donors (Lipinski definition) is 1. The third-order valence-electron chi connectivity index (χ3n) is 3.54. The summed E-state index contributed by atoms with van der Waals surface area (Å²) in [5.41, 5.74) is 1.78. The standard InChI is InChI=1S/C13H19N3O3/c1-14-10-7-11(9-12(8-10)16(17)18)15-5-3-13(19-2)4-6-15/h7-9,13-14H,3-6H2,1-2H3. The van der Waals surface area contributed by atoms with E-state index in [1.807, 2.05) is 6.07 Å². The molecule has 1 aromatic rings. The van der Waals surface area contributed by atoms with Crippen molar-refractivity contribution in [3.05, 3.63) is 28.3 Å². The van der Waals surface area contributed by atoms with Gasteiger partial charge < -0.3 is 15.0 Å². The van der Waals surface area contributed by atoms with Crippen molar-refractivity contribution >= 4 is 17.1 Å². The van der Waals surface area contributed by atoms with E-state index in [-0.39, 0.29) is 10.6 Å². The van der Waals surface area contributed by atoms with Gasteiger partial charge in [0.1, 0.15) is 0 Å². The molecule has 0 atom stereocenters. The second kappa shape index (κ2) is 5.88. The molecule has 1 aromatic carbocycles. The smallest absolute Gasteiger partial charge is 0.273 e. The van der Waals surface area contributed by atoms with E-state index in [1.54, 1.807) is 26.3 Å². The van der Waals surface area contributed by atoms with Gasteiger partial charge >= 0.3 is 0 Å². The first-order valence-corrected chi connectivity index (χ1v) is 6.39. The van der Waals surface area contributed by atoms with Gasteiger partial charge in [-0.2, -0.15) is 0 Å². The van der Waals surface area contributed by atoms with Crippen LogP contribution in [-0.2, 0) is 4.74 Å². The number of nitrogens with one attached hydrogen (secondary N) is 1. The molecule has 6 nitrogen and oxygen atoms in total. The third kappa shape index (κ3) is 3.14. The molecule has 1 heterocycles. The summed E-state index contributed by atoms with van der Waals surface area (Å²) in [5.74, 6) is 0. The van der Waals surface area contributed by atoms with Crippen LogP contribution in [0.2, 0.25) is 0 Å². The van der Waals surface area contributed by atoms with Crippen LogP contribution in [0.25, 0.3) is 0 Å². The molecule has 0 amide bonds. The summed E-state index contributed by atoms with van der Waals surface area (Å²) in [6.45, 7) is 1.73. The maximum Gasteiger partial charge on any atom is 0.273 e. The minimum absolute atomic E-state index is 0.121. The molecule has 0 aliphatic carbocycles. The van der Waals surface area contributed by atoms with Crippen LogP contribution in [0.15, 0.2) is 18.2 Å². The summed E-state index contributed by atoms with van der Waals surface area (Å²) in [7, 11) is 3.49. The Hall–Kier alpha value is -1.82. The largest absolute Gasteiger partial charge is 0.388 e. The minimum Gasteiger partial charge on any atom is -0.388 e. The number of ether oxygens (including phenoxy) is 1. The number of nitro groups is 1. The molecule has 0 aromatic heterocycles. The van der Waals surface area contributed by atoms with E-state index >= 15 is 0 Å². The van der Waals surface area contributed by atoms with Crippen molar-refractivity contribution in [1.82, 2.24) is 0 Å².